The molecule has 2 N–H and O–H groups in total. The highest BCUT2D eigenvalue weighted by Gasteiger charge is 2.33. The summed E-state index contributed by atoms with van der Waals surface area (Å²) in [4.78, 5) is 26.9. The van der Waals surface area contributed by atoms with Crippen LogP contribution in [0.5, 0.6) is 0 Å². The van der Waals surface area contributed by atoms with Gasteiger partial charge in [0.2, 0.25) is 11.8 Å². The van der Waals surface area contributed by atoms with E-state index in [1.54, 1.807) is 40.2 Å². The minimum Gasteiger partial charge on any atom is -0.347 e. The molecule has 5 nitrogen and oxygen atoms in total. The van der Waals surface area contributed by atoms with Crippen LogP contribution in [0.25, 0.3) is 0 Å². The lowest BCUT2D eigenvalue weighted by Crippen LogP contribution is -2.51. The van der Waals surface area contributed by atoms with Crippen molar-refractivity contribution in [3.05, 3.63) is 34.3 Å². The molecule has 0 spiro atoms. The molecule has 1 atom stereocenters. The average molecular weight is 342 g/mol. The zero-order valence-electron chi connectivity index (χ0n) is 12.2. The molecule has 0 saturated heterocycles. The van der Waals surface area contributed by atoms with Crippen LogP contribution < -0.4 is 5.73 Å². The predicted molar refractivity (Wildman–Crippen MR) is 82.0 cm³/mol. The maximum absolute atomic E-state index is 12.4. The van der Waals surface area contributed by atoms with Crippen molar-refractivity contribution >= 4 is 27.7 Å². The average Bonchev–Trinajstić information content (AvgIpc) is 2.37. The van der Waals surface area contributed by atoms with Crippen LogP contribution in [0.15, 0.2) is 28.7 Å². The van der Waals surface area contributed by atoms with Gasteiger partial charge in [0.05, 0.1) is 6.54 Å². The smallest absolute Gasteiger partial charge is 0.247 e. The number of carbonyl (C=O) groups is 2. The number of carbonyl (C=O) groups excluding carboxylic acids is 2. The van der Waals surface area contributed by atoms with Crippen molar-refractivity contribution in [1.29, 1.82) is 0 Å². The Bertz CT molecular complexity index is 498. The van der Waals surface area contributed by atoms with Crippen LogP contribution >= 0.6 is 15.9 Å². The molecule has 6 heteroatoms. The van der Waals surface area contributed by atoms with Crippen molar-refractivity contribution < 1.29 is 9.59 Å². The van der Waals surface area contributed by atoms with Crippen LogP contribution in [0.4, 0.5) is 0 Å². The van der Waals surface area contributed by atoms with E-state index >= 15 is 0 Å². The minimum atomic E-state index is -1.16. The molecule has 0 heterocycles. The molecule has 1 aromatic rings. The van der Waals surface area contributed by atoms with Crippen LogP contribution in [-0.2, 0) is 15.1 Å². The molecule has 0 aliphatic rings. The normalized spacial score (nSPS) is 13.5. The Morgan fingerprint density at radius 1 is 1.20 bits per heavy atom. The first kappa shape index (κ1) is 16.7. The molecular weight excluding hydrogens is 322 g/mol. The van der Waals surface area contributed by atoms with Crippen molar-refractivity contribution in [3.63, 3.8) is 0 Å². The van der Waals surface area contributed by atoms with E-state index in [1.165, 1.54) is 9.80 Å². The molecule has 2 amide bonds. The van der Waals surface area contributed by atoms with E-state index < -0.39 is 5.54 Å². The van der Waals surface area contributed by atoms with Gasteiger partial charge < -0.3 is 15.5 Å². The van der Waals surface area contributed by atoms with Gasteiger partial charge >= 0.3 is 0 Å². The van der Waals surface area contributed by atoms with Crippen molar-refractivity contribution in [1.82, 2.24) is 9.80 Å². The molecule has 0 aliphatic heterocycles. The van der Waals surface area contributed by atoms with E-state index in [4.69, 9.17) is 5.73 Å². The molecule has 1 rings (SSSR count). The van der Waals surface area contributed by atoms with E-state index in [2.05, 4.69) is 15.9 Å². The van der Waals surface area contributed by atoms with Gasteiger partial charge in [0.1, 0.15) is 5.54 Å². The van der Waals surface area contributed by atoms with Gasteiger partial charge in [-0.1, -0.05) is 28.1 Å². The number of hydrogen-bond donors (Lipinski definition) is 1. The third kappa shape index (κ3) is 3.80. The number of benzene rings is 1. The fourth-order valence-corrected chi connectivity index (χ4v) is 2.00. The second kappa shape index (κ2) is 6.37. The lowest BCUT2D eigenvalue weighted by Gasteiger charge is -2.30. The van der Waals surface area contributed by atoms with Gasteiger partial charge in [-0.15, -0.1) is 0 Å². The van der Waals surface area contributed by atoms with E-state index in [0.29, 0.717) is 5.56 Å². The number of hydrogen-bond acceptors (Lipinski definition) is 3. The summed E-state index contributed by atoms with van der Waals surface area (Å²) in [6.07, 6.45) is 0. The van der Waals surface area contributed by atoms with Crippen LogP contribution in [0, 0.1) is 0 Å². The Morgan fingerprint density at radius 2 is 1.70 bits per heavy atom. The van der Waals surface area contributed by atoms with Crippen LogP contribution in [0.1, 0.15) is 12.5 Å². The highest BCUT2D eigenvalue weighted by Crippen LogP contribution is 2.22. The SMILES string of the molecule is CN(C)C(=O)CN(C)C(=O)C(C)(N)c1ccc(Br)cc1. The van der Waals surface area contributed by atoms with Crippen molar-refractivity contribution in [2.75, 3.05) is 27.7 Å². The summed E-state index contributed by atoms with van der Waals surface area (Å²) in [6, 6.07) is 7.25. The molecule has 0 radical (unpaired) electrons. The monoisotopic (exact) mass is 341 g/mol. The standard InChI is InChI=1S/C14H20BrN3O2/c1-14(16,10-5-7-11(15)8-6-10)13(20)18(4)9-12(19)17(2)3/h5-8H,9,16H2,1-4H3. The van der Waals surface area contributed by atoms with Crippen molar-refractivity contribution in [2.24, 2.45) is 5.73 Å². The van der Waals surface area contributed by atoms with E-state index in [9.17, 15) is 9.59 Å². The predicted octanol–water partition coefficient (Wildman–Crippen LogP) is 1.17. The van der Waals surface area contributed by atoms with E-state index in [-0.39, 0.29) is 18.4 Å². The van der Waals surface area contributed by atoms with Crippen LogP contribution in [-0.4, -0.2) is 49.3 Å². The molecule has 1 unspecified atom stereocenters. The maximum Gasteiger partial charge on any atom is 0.247 e. The van der Waals surface area contributed by atoms with Crippen LogP contribution in [0.3, 0.4) is 0 Å². The summed E-state index contributed by atoms with van der Waals surface area (Å²) in [5.74, 6) is -0.442. The molecule has 20 heavy (non-hydrogen) atoms. The Morgan fingerprint density at radius 3 is 2.15 bits per heavy atom. The summed E-state index contributed by atoms with van der Waals surface area (Å²) in [5, 5.41) is 0. The Hall–Kier alpha value is -1.40. The van der Waals surface area contributed by atoms with E-state index in [0.717, 1.165) is 4.47 Å². The lowest BCUT2D eigenvalue weighted by molar-refractivity contribution is -0.141. The zero-order chi connectivity index (χ0) is 15.5. The first-order valence-electron chi connectivity index (χ1n) is 6.17. The molecule has 0 aliphatic carbocycles. The Labute approximate surface area is 127 Å². The summed E-state index contributed by atoms with van der Waals surface area (Å²) in [5.41, 5.74) is 5.69. The molecule has 0 aromatic heterocycles. The van der Waals surface area contributed by atoms with Gasteiger partial charge in [0.25, 0.3) is 0 Å². The van der Waals surface area contributed by atoms with Gasteiger partial charge in [-0.25, -0.2) is 0 Å². The number of nitrogens with two attached hydrogens (primary N) is 1. The molecular formula is C14H20BrN3O2. The van der Waals surface area contributed by atoms with Gasteiger partial charge in [-0.3, -0.25) is 9.59 Å². The lowest BCUT2D eigenvalue weighted by atomic mass is 9.92. The molecule has 0 saturated carbocycles. The Balaban J connectivity index is 2.88. The molecule has 1 aromatic carbocycles. The molecule has 0 fully saturated rings. The largest absolute Gasteiger partial charge is 0.347 e. The quantitative estimate of drug-likeness (QED) is 0.893. The van der Waals surface area contributed by atoms with Crippen molar-refractivity contribution in [3.8, 4) is 0 Å². The number of nitrogens with zero attached hydrogens (tertiary/aromatic N) is 2. The highest BCUT2D eigenvalue weighted by molar-refractivity contribution is 9.10. The Kier molecular flexibility index (Phi) is 5.30. The summed E-state index contributed by atoms with van der Waals surface area (Å²) in [6.45, 7) is 1.66. The van der Waals surface area contributed by atoms with Gasteiger partial charge in [0.15, 0.2) is 0 Å². The van der Waals surface area contributed by atoms with Crippen LogP contribution in [0.2, 0.25) is 0 Å². The first-order chi connectivity index (χ1) is 9.16. The van der Waals surface area contributed by atoms with Gasteiger partial charge in [0, 0.05) is 25.6 Å². The van der Waals surface area contributed by atoms with Gasteiger partial charge in [-0.2, -0.15) is 0 Å². The second-order valence-electron chi connectivity index (χ2n) is 5.16. The third-order valence-electron chi connectivity index (χ3n) is 3.11. The highest BCUT2D eigenvalue weighted by atomic mass is 79.9. The number of likely N-dealkylation sites (N-methyl/N-ethyl adjacent to an activating group) is 2. The number of halogens is 1. The van der Waals surface area contributed by atoms with Crippen molar-refractivity contribution in [2.45, 2.75) is 12.5 Å². The van der Waals surface area contributed by atoms with E-state index in [1.807, 2.05) is 12.1 Å². The maximum atomic E-state index is 12.4. The summed E-state index contributed by atoms with van der Waals surface area (Å²) >= 11 is 3.34. The fourth-order valence-electron chi connectivity index (χ4n) is 1.73. The molecule has 0 bridgehead atoms. The topological polar surface area (TPSA) is 66.6 Å². The summed E-state index contributed by atoms with van der Waals surface area (Å²) in [7, 11) is 4.88. The number of amides is 2. The summed E-state index contributed by atoms with van der Waals surface area (Å²) < 4.78 is 0.917. The second-order valence-corrected chi connectivity index (χ2v) is 6.07. The zero-order valence-corrected chi connectivity index (χ0v) is 13.8. The number of rotatable bonds is 4. The first-order valence-corrected chi connectivity index (χ1v) is 6.96. The molecule has 110 valence electrons. The fraction of sp³-hybridized carbons (Fsp3) is 0.429. The third-order valence-corrected chi connectivity index (χ3v) is 3.63. The minimum absolute atomic E-state index is 0.00908. The van der Waals surface area contributed by atoms with Gasteiger partial charge in [-0.05, 0) is 24.6 Å².